The molecule has 12 nitrogen and oxygen atoms in total. The number of aliphatic carboxylic acids is 1. The van der Waals surface area contributed by atoms with Gasteiger partial charge in [0.25, 0.3) is 0 Å². The molecule has 0 aliphatic carbocycles. The Balaban J connectivity index is 5.09. The molecule has 0 rings (SSSR count). The topological polar surface area (TPSA) is 220 Å². The normalized spacial score (nSPS) is 14.5. The number of nitrogens with two attached hydrogens (primary N) is 3. The number of hydrogen-bond donors (Lipinski definition) is 7. The maximum Gasteiger partial charge on any atom is 0.326 e. The average Bonchev–Trinajstić information content (AvgIpc) is 2.73. The molecule has 13 heteroatoms. The molecule has 4 amide bonds. The smallest absolute Gasteiger partial charge is 0.326 e. The van der Waals surface area contributed by atoms with Gasteiger partial charge in [-0.15, -0.1) is 0 Å². The SMILES string of the molecule is CSCCC(N)C(=O)NC(C)C(=O)NC(CCC(N)=O)C(=O)NC(CCCCN)C(=O)O. The molecule has 32 heavy (non-hydrogen) atoms. The first-order chi connectivity index (χ1) is 15.0. The summed E-state index contributed by atoms with van der Waals surface area (Å²) < 4.78 is 0. The standard InChI is InChI=1S/C19H36N6O6S/c1-11(23-17(28)12(21)8-10-32-2)16(27)24-13(6-7-15(22)26)18(29)25-14(19(30)31)5-3-4-9-20/h11-14H,3-10,20-21H2,1-2H3,(H2,22,26)(H,23,28)(H,24,27)(H,25,29)(H,30,31). The second kappa shape index (κ2) is 16.3. The van der Waals surface area contributed by atoms with Crippen LogP contribution in [0, 0.1) is 0 Å². The van der Waals surface area contributed by atoms with Crippen LogP contribution in [0.4, 0.5) is 0 Å². The van der Waals surface area contributed by atoms with Gasteiger partial charge in [0.1, 0.15) is 18.1 Å². The first kappa shape index (κ1) is 29.6. The predicted octanol–water partition coefficient (Wildman–Crippen LogP) is -1.98. The van der Waals surface area contributed by atoms with E-state index >= 15 is 0 Å². The van der Waals surface area contributed by atoms with E-state index in [1.165, 1.54) is 18.7 Å². The van der Waals surface area contributed by atoms with Crippen molar-refractivity contribution in [2.75, 3.05) is 18.6 Å². The molecule has 0 aromatic rings. The van der Waals surface area contributed by atoms with Crippen LogP contribution in [0.15, 0.2) is 0 Å². The number of carbonyl (C=O) groups excluding carboxylic acids is 4. The third-order valence-electron chi connectivity index (χ3n) is 4.60. The number of nitrogens with one attached hydrogen (secondary N) is 3. The van der Waals surface area contributed by atoms with Crippen LogP contribution >= 0.6 is 11.8 Å². The van der Waals surface area contributed by atoms with Gasteiger partial charge in [-0.05, 0) is 57.6 Å². The third-order valence-corrected chi connectivity index (χ3v) is 5.24. The highest BCUT2D eigenvalue weighted by molar-refractivity contribution is 7.98. The first-order valence-corrected chi connectivity index (χ1v) is 11.8. The van der Waals surface area contributed by atoms with Gasteiger partial charge in [0.15, 0.2) is 0 Å². The molecule has 0 radical (unpaired) electrons. The van der Waals surface area contributed by atoms with Gasteiger partial charge in [0, 0.05) is 6.42 Å². The van der Waals surface area contributed by atoms with E-state index in [9.17, 15) is 29.1 Å². The van der Waals surface area contributed by atoms with Crippen molar-refractivity contribution < 1.29 is 29.1 Å². The lowest BCUT2D eigenvalue weighted by Gasteiger charge is -2.23. The summed E-state index contributed by atoms with van der Waals surface area (Å²) in [4.78, 5) is 59.8. The van der Waals surface area contributed by atoms with Crippen molar-refractivity contribution >= 4 is 41.4 Å². The molecular weight excluding hydrogens is 440 g/mol. The molecule has 0 aromatic heterocycles. The summed E-state index contributed by atoms with van der Waals surface area (Å²) >= 11 is 1.54. The van der Waals surface area contributed by atoms with E-state index in [1.54, 1.807) is 0 Å². The molecule has 184 valence electrons. The van der Waals surface area contributed by atoms with Crippen molar-refractivity contribution in [3.8, 4) is 0 Å². The number of primary amides is 1. The second-order valence-corrected chi connectivity index (χ2v) is 8.35. The van der Waals surface area contributed by atoms with Crippen LogP contribution in [-0.2, 0) is 24.0 Å². The molecule has 0 saturated heterocycles. The lowest BCUT2D eigenvalue weighted by molar-refractivity contribution is -0.142. The Labute approximate surface area is 192 Å². The maximum absolute atomic E-state index is 12.6. The third kappa shape index (κ3) is 12.5. The van der Waals surface area contributed by atoms with Crippen LogP contribution in [0.25, 0.3) is 0 Å². The van der Waals surface area contributed by atoms with E-state index in [0.717, 1.165) is 0 Å². The zero-order chi connectivity index (χ0) is 24.7. The second-order valence-electron chi connectivity index (χ2n) is 7.37. The summed E-state index contributed by atoms with van der Waals surface area (Å²) in [5, 5.41) is 16.6. The van der Waals surface area contributed by atoms with Gasteiger partial charge in [-0.1, -0.05) is 0 Å². The van der Waals surface area contributed by atoms with Gasteiger partial charge in [-0.2, -0.15) is 11.8 Å². The van der Waals surface area contributed by atoms with Crippen LogP contribution in [-0.4, -0.2) is 77.4 Å². The zero-order valence-corrected chi connectivity index (χ0v) is 19.4. The minimum Gasteiger partial charge on any atom is -0.480 e. The number of carbonyl (C=O) groups is 5. The van der Waals surface area contributed by atoms with Crippen LogP contribution in [0.2, 0.25) is 0 Å². The number of amides is 4. The minimum absolute atomic E-state index is 0.129. The summed E-state index contributed by atoms with van der Waals surface area (Å²) in [6.45, 7) is 1.81. The molecule has 0 fully saturated rings. The average molecular weight is 477 g/mol. The molecule has 4 atom stereocenters. The van der Waals surface area contributed by atoms with E-state index in [2.05, 4.69) is 16.0 Å². The summed E-state index contributed by atoms with van der Waals surface area (Å²) in [5.74, 6) is -3.19. The Bertz CT molecular complexity index is 650. The van der Waals surface area contributed by atoms with Crippen molar-refractivity contribution in [3.63, 3.8) is 0 Å². The molecule has 0 aliphatic rings. The lowest BCUT2D eigenvalue weighted by atomic mass is 10.1. The number of carboxylic acids is 1. The summed E-state index contributed by atoms with van der Waals surface area (Å²) in [5.41, 5.74) is 16.3. The van der Waals surface area contributed by atoms with Gasteiger partial charge in [0.2, 0.25) is 23.6 Å². The Morgan fingerprint density at radius 2 is 1.53 bits per heavy atom. The lowest BCUT2D eigenvalue weighted by Crippen LogP contribution is -2.56. The fourth-order valence-corrected chi connectivity index (χ4v) is 3.13. The van der Waals surface area contributed by atoms with Gasteiger partial charge >= 0.3 is 5.97 Å². The minimum atomic E-state index is -1.23. The Kier molecular flexibility index (Phi) is 15.1. The Morgan fingerprint density at radius 1 is 0.906 bits per heavy atom. The number of hydrogen-bond acceptors (Lipinski definition) is 8. The highest BCUT2D eigenvalue weighted by atomic mass is 32.2. The summed E-state index contributed by atoms with van der Waals surface area (Å²) in [6.07, 6.45) is 3.23. The fraction of sp³-hybridized carbons (Fsp3) is 0.737. The van der Waals surface area contributed by atoms with Crippen LogP contribution in [0.1, 0.15) is 45.4 Å². The predicted molar refractivity (Wildman–Crippen MR) is 121 cm³/mol. The Hall–Kier alpha value is -2.38. The molecule has 4 unspecified atom stereocenters. The summed E-state index contributed by atoms with van der Waals surface area (Å²) in [7, 11) is 0. The molecule has 0 spiro atoms. The zero-order valence-electron chi connectivity index (χ0n) is 18.6. The molecule has 0 aliphatic heterocycles. The summed E-state index contributed by atoms with van der Waals surface area (Å²) in [6, 6.07) is -4.17. The van der Waals surface area contributed by atoms with Gasteiger partial charge in [-0.3, -0.25) is 19.2 Å². The number of unbranched alkanes of at least 4 members (excludes halogenated alkanes) is 1. The van der Waals surface area contributed by atoms with Crippen molar-refractivity contribution in [2.45, 2.75) is 69.6 Å². The van der Waals surface area contributed by atoms with Gasteiger partial charge < -0.3 is 38.3 Å². The van der Waals surface area contributed by atoms with Crippen LogP contribution < -0.4 is 33.2 Å². The van der Waals surface area contributed by atoms with Crippen molar-refractivity contribution in [1.82, 2.24) is 16.0 Å². The van der Waals surface area contributed by atoms with E-state index in [-0.39, 0.29) is 19.3 Å². The van der Waals surface area contributed by atoms with Gasteiger partial charge in [0.05, 0.1) is 6.04 Å². The molecular formula is C19H36N6O6S. The first-order valence-electron chi connectivity index (χ1n) is 10.4. The van der Waals surface area contributed by atoms with Crippen LogP contribution in [0.5, 0.6) is 0 Å². The van der Waals surface area contributed by atoms with Crippen molar-refractivity contribution in [3.05, 3.63) is 0 Å². The van der Waals surface area contributed by atoms with E-state index in [0.29, 0.717) is 31.6 Å². The van der Waals surface area contributed by atoms with E-state index in [4.69, 9.17) is 17.2 Å². The molecule has 10 N–H and O–H groups in total. The van der Waals surface area contributed by atoms with Crippen molar-refractivity contribution in [2.24, 2.45) is 17.2 Å². The molecule has 0 bridgehead atoms. The largest absolute Gasteiger partial charge is 0.480 e. The van der Waals surface area contributed by atoms with Crippen LogP contribution in [0.3, 0.4) is 0 Å². The fourth-order valence-electron chi connectivity index (χ4n) is 2.64. The highest BCUT2D eigenvalue weighted by Gasteiger charge is 2.28. The maximum atomic E-state index is 12.6. The molecule has 0 saturated carbocycles. The molecule has 0 heterocycles. The number of carboxylic acid groups (broad SMARTS) is 1. The highest BCUT2D eigenvalue weighted by Crippen LogP contribution is 2.05. The number of rotatable bonds is 17. The molecule has 0 aromatic carbocycles. The quantitative estimate of drug-likeness (QED) is 0.115. The van der Waals surface area contributed by atoms with E-state index in [1.807, 2.05) is 6.26 Å². The monoisotopic (exact) mass is 476 g/mol. The van der Waals surface area contributed by atoms with E-state index < -0.39 is 53.8 Å². The Morgan fingerprint density at radius 3 is 2.06 bits per heavy atom. The number of thioether (sulfide) groups is 1. The van der Waals surface area contributed by atoms with Crippen molar-refractivity contribution in [1.29, 1.82) is 0 Å². The van der Waals surface area contributed by atoms with Gasteiger partial charge in [-0.25, -0.2) is 4.79 Å².